The third kappa shape index (κ3) is 5.56. The van der Waals surface area contributed by atoms with Gasteiger partial charge >= 0.3 is 5.97 Å². The number of anilines is 1. The molecule has 0 aliphatic carbocycles. The zero-order chi connectivity index (χ0) is 12.2. The Bertz CT molecular complexity index is 358. The first kappa shape index (κ1) is 15.7. The van der Waals surface area contributed by atoms with E-state index in [9.17, 15) is 4.79 Å². The molecule has 0 unspecified atom stereocenters. The van der Waals surface area contributed by atoms with Crippen LogP contribution in [0, 0.1) is 0 Å². The molecule has 0 saturated carbocycles. The van der Waals surface area contributed by atoms with Gasteiger partial charge in [0.25, 0.3) is 0 Å². The molecule has 96 valence electrons. The van der Waals surface area contributed by atoms with E-state index in [1.807, 2.05) is 26.0 Å². The van der Waals surface area contributed by atoms with E-state index in [1.54, 1.807) is 12.1 Å². The van der Waals surface area contributed by atoms with Crippen LogP contribution in [-0.2, 0) is 4.74 Å². The van der Waals surface area contributed by atoms with Gasteiger partial charge in [0.2, 0.25) is 0 Å². The molecule has 0 atom stereocenters. The molecule has 0 bridgehead atoms. The Kier molecular flexibility index (Phi) is 5.99. The van der Waals surface area contributed by atoms with Crippen LogP contribution in [0.2, 0.25) is 0 Å². The highest BCUT2D eigenvalue weighted by atomic mass is 35.5. The van der Waals surface area contributed by atoms with Gasteiger partial charge in [0.05, 0.1) is 12.7 Å². The summed E-state index contributed by atoms with van der Waals surface area (Å²) in [7, 11) is 1.37. The third-order valence-electron chi connectivity index (χ3n) is 2.05. The van der Waals surface area contributed by atoms with Gasteiger partial charge in [-0.25, -0.2) is 4.79 Å². The topological polar surface area (TPSA) is 64.3 Å². The lowest BCUT2D eigenvalue weighted by Gasteiger charge is -2.19. The smallest absolute Gasteiger partial charge is 0.337 e. The van der Waals surface area contributed by atoms with Crippen molar-refractivity contribution in [3.8, 4) is 0 Å². The van der Waals surface area contributed by atoms with Crippen LogP contribution < -0.4 is 11.1 Å². The fourth-order valence-electron chi connectivity index (χ4n) is 1.17. The normalized spacial score (nSPS) is 10.4. The number of esters is 1. The number of methoxy groups -OCH3 is 1. The molecule has 0 aliphatic heterocycles. The number of ether oxygens (including phenoxy) is 1. The van der Waals surface area contributed by atoms with Gasteiger partial charge in [-0.2, -0.15) is 0 Å². The van der Waals surface area contributed by atoms with Crippen LogP contribution in [0.5, 0.6) is 0 Å². The second-order valence-corrected chi connectivity index (χ2v) is 4.41. The second-order valence-electron chi connectivity index (χ2n) is 4.41. The van der Waals surface area contributed by atoms with E-state index in [1.165, 1.54) is 7.11 Å². The van der Waals surface area contributed by atoms with E-state index in [0.717, 1.165) is 5.69 Å². The maximum Gasteiger partial charge on any atom is 0.337 e. The van der Waals surface area contributed by atoms with E-state index in [0.29, 0.717) is 12.1 Å². The molecule has 0 amide bonds. The van der Waals surface area contributed by atoms with Crippen LogP contribution in [0.4, 0.5) is 5.69 Å². The van der Waals surface area contributed by atoms with Crippen molar-refractivity contribution in [3.63, 3.8) is 0 Å². The van der Waals surface area contributed by atoms with Gasteiger partial charge in [-0.05, 0) is 38.1 Å². The molecule has 0 fully saturated rings. The predicted molar refractivity (Wildman–Crippen MR) is 71.8 cm³/mol. The maximum atomic E-state index is 11.2. The van der Waals surface area contributed by atoms with E-state index in [-0.39, 0.29) is 23.9 Å². The lowest BCUT2D eigenvalue weighted by atomic mass is 10.1. The van der Waals surface area contributed by atoms with Crippen molar-refractivity contribution in [2.75, 3.05) is 19.0 Å². The number of rotatable bonds is 4. The molecule has 0 aliphatic rings. The van der Waals surface area contributed by atoms with Gasteiger partial charge in [-0.15, -0.1) is 12.4 Å². The van der Waals surface area contributed by atoms with Gasteiger partial charge in [0.1, 0.15) is 0 Å². The van der Waals surface area contributed by atoms with E-state index < -0.39 is 0 Å². The number of halogens is 1. The fourth-order valence-corrected chi connectivity index (χ4v) is 1.17. The molecule has 4 nitrogen and oxygen atoms in total. The first-order valence-electron chi connectivity index (χ1n) is 5.13. The monoisotopic (exact) mass is 258 g/mol. The average Bonchev–Trinajstić information content (AvgIpc) is 2.25. The molecule has 1 aromatic rings. The molecule has 0 radical (unpaired) electrons. The van der Waals surface area contributed by atoms with E-state index in [2.05, 4.69) is 10.1 Å². The van der Waals surface area contributed by atoms with E-state index >= 15 is 0 Å². The Balaban J connectivity index is 0.00000256. The number of nitrogens with one attached hydrogen (secondary N) is 1. The van der Waals surface area contributed by atoms with E-state index in [4.69, 9.17) is 5.73 Å². The molecule has 0 heterocycles. The first-order chi connectivity index (χ1) is 7.42. The minimum Gasteiger partial charge on any atom is -0.465 e. The Hall–Kier alpha value is -1.26. The minimum absolute atomic E-state index is 0. The van der Waals surface area contributed by atoms with Crippen LogP contribution in [0.3, 0.4) is 0 Å². The quantitative estimate of drug-likeness (QED) is 0.812. The summed E-state index contributed by atoms with van der Waals surface area (Å²) in [5, 5.41) is 3.19. The number of nitrogens with two attached hydrogens (primary N) is 1. The molecular formula is C12H19ClN2O2. The van der Waals surface area contributed by atoms with Crippen molar-refractivity contribution in [1.82, 2.24) is 0 Å². The number of hydrogen-bond acceptors (Lipinski definition) is 4. The minimum atomic E-state index is -0.328. The van der Waals surface area contributed by atoms with Crippen molar-refractivity contribution in [2.24, 2.45) is 5.73 Å². The highest BCUT2D eigenvalue weighted by molar-refractivity contribution is 5.89. The fraction of sp³-hybridized carbons (Fsp3) is 0.417. The van der Waals surface area contributed by atoms with Crippen molar-refractivity contribution in [3.05, 3.63) is 29.8 Å². The standard InChI is InChI=1S/C12H18N2O2.ClH/c1-12(2,13)8-14-10-6-4-9(5-7-10)11(15)16-3;/h4-7,14H,8,13H2,1-3H3;1H. The number of carbonyl (C=O) groups is 1. The second kappa shape index (κ2) is 6.47. The summed E-state index contributed by atoms with van der Waals surface area (Å²) < 4.78 is 4.61. The summed E-state index contributed by atoms with van der Waals surface area (Å²) in [6.07, 6.45) is 0. The molecular weight excluding hydrogens is 240 g/mol. The molecule has 0 saturated heterocycles. The summed E-state index contributed by atoms with van der Waals surface area (Å²) in [6.45, 7) is 4.57. The van der Waals surface area contributed by atoms with Gasteiger partial charge in [0, 0.05) is 17.8 Å². The SMILES string of the molecule is COC(=O)c1ccc(NCC(C)(C)N)cc1.Cl. The predicted octanol–water partition coefficient (Wildman–Crippen LogP) is 2.04. The maximum absolute atomic E-state index is 11.2. The number of hydrogen-bond donors (Lipinski definition) is 2. The molecule has 1 aromatic carbocycles. The zero-order valence-corrected chi connectivity index (χ0v) is 11.1. The van der Waals surface area contributed by atoms with Gasteiger partial charge in [0.15, 0.2) is 0 Å². The Morgan fingerprint density at radius 1 is 1.35 bits per heavy atom. The van der Waals surface area contributed by atoms with Gasteiger partial charge in [-0.3, -0.25) is 0 Å². The summed E-state index contributed by atoms with van der Waals surface area (Å²) in [4.78, 5) is 11.2. The van der Waals surface area contributed by atoms with Crippen LogP contribution in [0.25, 0.3) is 0 Å². The van der Waals surface area contributed by atoms with Crippen molar-refractivity contribution in [1.29, 1.82) is 0 Å². The highest BCUT2D eigenvalue weighted by Crippen LogP contribution is 2.11. The first-order valence-corrected chi connectivity index (χ1v) is 5.13. The van der Waals surface area contributed by atoms with Crippen LogP contribution in [0.15, 0.2) is 24.3 Å². The molecule has 1 rings (SSSR count). The molecule has 17 heavy (non-hydrogen) atoms. The van der Waals surface area contributed by atoms with Crippen LogP contribution >= 0.6 is 12.4 Å². The molecule has 5 heteroatoms. The average molecular weight is 259 g/mol. The summed E-state index contributed by atoms with van der Waals surface area (Å²) >= 11 is 0. The Morgan fingerprint density at radius 3 is 2.29 bits per heavy atom. The third-order valence-corrected chi connectivity index (χ3v) is 2.05. The molecule has 0 aromatic heterocycles. The Morgan fingerprint density at radius 2 is 1.88 bits per heavy atom. The largest absolute Gasteiger partial charge is 0.465 e. The van der Waals surface area contributed by atoms with Crippen LogP contribution in [0.1, 0.15) is 24.2 Å². The van der Waals surface area contributed by atoms with Crippen LogP contribution in [-0.4, -0.2) is 25.2 Å². The lowest BCUT2D eigenvalue weighted by molar-refractivity contribution is 0.0601. The summed E-state index contributed by atoms with van der Waals surface area (Å²) in [5.74, 6) is -0.328. The number of carbonyl (C=O) groups excluding carboxylic acids is 1. The van der Waals surface area contributed by atoms with Crippen molar-refractivity contribution in [2.45, 2.75) is 19.4 Å². The zero-order valence-electron chi connectivity index (χ0n) is 10.3. The summed E-state index contributed by atoms with van der Waals surface area (Å²) in [5.41, 5.74) is 7.06. The highest BCUT2D eigenvalue weighted by Gasteiger charge is 2.10. The van der Waals surface area contributed by atoms with Gasteiger partial charge in [-0.1, -0.05) is 0 Å². The summed E-state index contributed by atoms with van der Waals surface area (Å²) in [6, 6.07) is 7.10. The number of benzene rings is 1. The van der Waals surface area contributed by atoms with Gasteiger partial charge < -0.3 is 15.8 Å². The molecule has 3 N–H and O–H groups in total. The lowest BCUT2D eigenvalue weighted by Crippen LogP contribution is -2.39. The van der Waals surface area contributed by atoms with Crippen molar-refractivity contribution < 1.29 is 9.53 Å². The molecule has 0 spiro atoms. The van der Waals surface area contributed by atoms with Crippen molar-refractivity contribution >= 4 is 24.1 Å². The Labute approximate surface area is 108 Å².